The zero-order valence-electron chi connectivity index (χ0n) is 15.9. The second-order valence-electron chi connectivity index (χ2n) is 6.85. The first-order chi connectivity index (χ1) is 13.9. The first-order valence-corrected chi connectivity index (χ1v) is 9.38. The van der Waals surface area contributed by atoms with Crippen molar-refractivity contribution in [3.63, 3.8) is 0 Å². The Morgan fingerprint density at radius 3 is 2.07 bits per heavy atom. The summed E-state index contributed by atoms with van der Waals surface area (Å²) < 4.78 is 3.19. The van der Waals surface area contributed by atoms with E-state index in [1.165, 1.54) is 10.7 Å². The Morgan fingerprint density at radius 2 is 1.52 bits per heavy atom. The van der Waals surface area contributed by atoms with Gasteiger partial charge < -0.3 is 10.1 Å². The van der Waals surface area contributed by atoms with Crippen molar-refractivity contribution in [2.75, 3.05) is 0 Å². The molecule has 0 amide bonds. The zero-order valence-corrected chi connectivity index (χ0v) is 16.7. The summed E-state index contributed by atoms with van der Waals surface area (Å²) >= 11 is 6.78. The molecule has 0 unspecified atom stereocenters. The molecule has 146 valence electrons. The third kappa shape index (κ3) is 3.77. The molecule has 0 aliphatic rings. The monoisotopic (exact) mass is 407 g/mol. The largest absolute Gasteiger partial charge is 0.389 e. The van der Waals surface area contributed by atoms with E-state index >= 15 is 0 Å². The van der Waals surface area contributed by atoms with Gasteiger partial charge in [-0.2, -0.15) is 9.78 Å². The van der Waals surface area contributed by atoms with E-state index in [1.54, 1.807) is 10.9 Å². The van der Waals surface area contributed by atoms with E-state index < -0.39 is 4.92 Å². The van der Waals surface area contributed by atoms with Gasteiger partial charge >= 0.3 is 5.82 Å². The van der Waals surface area contributed by atoms with Gasteiger partial charge in [0.05, 0.1) is 28.1 Å². The number of rotatable bonds is 5. The third-order valence-electron chi connectivity index (χ3n) is 4.64. The van der Waals surface area contributed by atoms with Gasteiger partial charge in [-0.3, -0.25) is 0 Å². The van der Waals surface area contributed by atoms with Crippen molar-refractivity contribution in [2.24, 2.45) is 0 Å². The standard InChI is InChI=1S/C21H18ClN5O2/c1-14-3-7-16(8-4-14)20-19(22)21(17-9-5-15(2)6-10-17)26(24-20)13-25-12-11-18(23-25)27(28)29/h3-12H,13H2,1-2H3. The molecule has 0 saturated carbocycles. The van der Waals surface area contributed by atoms with Crippen LogP contribution in [-0.2, 0) is 6.67 Å². The summed E-state index contributed by atoms with van der Waals surface area (Å²) in [5.41, 5.74) is 5.49. The van der Waals surface area contributed by atoms with Gasteiger partial charge in [-0.1, -0.05) is 71.3 Å². The lowest BCUT2D eigenvalue weighted by Crippen LogP contribution is -2.11. The molecule has 0 aliphatic heterocycles. The van der Waals surface area contributed by atoms with Crippen LogP contribution in [0.4, 0.5) is 5.82 Å². The van der Waals surface area contributed by atoms with E-state index in [-0.39, 0.29) is 12.5 Å². The van der Waals surface area contributed by atoms with E-state index in [9.17, 15) is 10.1 Å². The van der Waals surface area contributed by atoms with Crippen LogP contribution in [0.15, 0.2) is 60.8 Å². The first kappa shape index (κ1) is 18.9. The lowest BCUT2D eigenvalue weighted by Gasteiger charge is -2.07. The van der Waals surface area contributed by atoms with E-state index in [0.717, 1.165) is 27.9 Å². The van der Waals surface area contributed by atoms with Gasteiger partial charge in [0.2, 0.25) is 0 Å². The van der Waals surface area contributed by atoms with Crippen LogP contribution < -0.4 is 0 Å². The molecule has 2 heterocycles. The Morgan fingerprint density at radius 1 is 0.931 bits per heavy atom. The summed E-state index contributed by atoms with van der Waals surface area (Å²) in [6, 6.07) is 17.3. The molecular weight excluding hydrogens is 390 g/mol. The molecule has 7 nitrogen and oxygen atoms in total. The van der Waals surface area contributed by atoms with Crippen molar-refractivity contribution in [3.05, 3.63) is 87.1 Å². The molecule has 2 aromatic carbocycles. The molecule has 0 atom stereocenters. The summed E-state index contributed by atoms with van der Waals surface area (Å²) in [7, 11) is 0. The Hall–Kier alpha value is -3.45. The Balaban J connectivity index is 1.83. The fourth-order valence-corrected chi connectivity index (χ4v) is 3.44. The number of halogens is 1. The average molecular weight is 408 g/mol. The highest BCUT2D eigenvalue weighted by atomic mass is 35.5. The fourth-order valence-electron chi connectivity index (χ4n) is 3.09. The van der Waals surface area contributed by atoms with Crippen LogP contribution in [-0.4, -0.2) is 24.5 Å². The van der Waals surface area contributed by atoms with E-state index in [2.05, 4.69) is 5.10 Å². The maximum absolute atomic E-state index is 10.9. The summed E-state index contributed by atoms with van der Waals surface area (Å²) in [6.45, 7) is 4.23. The van der Waals surface area contributed by atoms with Crippen LogP contribution >= 0.6 is 11.6 Å². The third-order valence-corrected chi connectivity index (χ3v) is 5.00. The van der Waals surface area contributed by atoms with E-state index in [4.69, 9.17) is 16.7 Å². The highest BCUT2D eigenvalue weighted by molar-refractivity contribution is 6.35. The van der Waals surface area contributed by atoms with Gasteiger partial charge in [-0.15, -0.1) is 0 Å². The number of hydrogen-bond acceptors (Lipinski definition) is 4. The molecule has 4 aromatic rings. The highest BCUT2D eigenvalue weighted by Crippen LogP contribution is 2.36. The van der Waals surface area contributed by atoms with Crippen molar-refractivity contribution in [1.82, 2.24) is 19.6 Å². The van der Waals surface area contributed by atoms with Crippen LogP contribution in [0, 0.1) is 24.0 Å². The maximum atomic E-state index is 10.9. The predicted molar refractivity (Wildman–Crippen MR) is 112 cm³/mol. The molecule has 0 fully saturated rings. The lowest BCUT2D eigenvalue weighted by molar-refractivity contribution is -0.389. The number of aryl methyl sites for hydroxylation is 2. The van der Waals surface area contributed by atoms with Crippen LogP contribution in [0.25, 0.3) is 22.5 Å². The maximum Gasteiger partial charge on any atom is 0.389 e. The van der Waals surface area contributed by atoms with Gasteiger partial charge in [0.1, 0.15) is 5.69 Å². The molecule has 0 N–H and O–H groups in total. The number of benzene rings is 2. The van der Waals surface area contributed by atoms with Crippen molar-refractivity contribution in [3.8, 4) is 22.5 Å². The topological polar surface area (TPSA) is 78.8 Å². The minimum Gasteiger partial charge on any atom is -0.358 e. The van der Waals surface area contributed by atoms with E-state index in [0.29, 0.717) is 10.7 Å². The summed E-state index contributed by atoms with van der Waals surface area (Å²) in [4.78, 5) is 10.4. The highest BCUT2D eigenvalue weighted by Gasteiger charge is 2.21. The number of nitro groups is 1. The minimum absolute atomic E-state index is 0.197. The summed E-state index contributed by atoms with van der Waals surface area (Å²) in [5, 5.41) is 20.2. The first-order valence-electron chi connectivity index (χ1n) is 9.00. The molecule has 0 spiro atoms. The quantitative estimate of drug-likeness (QED) is 0.340. The molecule has 8 heteroatoms. The molecule has 0 aliphatic carbocycles. The normalized spacial score (nSPS) is 11.0. The van der Waals surface area contributed by atoms with Crippen LogP contribution in [0.1, 0.15) is 11.1 Å². The Labute approximate surface area is 172 Å². The number of aromatic nitrogens is 4. The molecule has 2 aromatic heterocycles. The Bertz CT molecular complexity index is 1180. The second kappa shape index (κ2) is 7.52. The molecule has 0 bridgehead atoms. The molecule has 0 saturated heterocycles. The summed E-state index contributed by atoms with van der Waals surface area (Å²) in [6.07, 6.45) is 1.55. The van der Waals surface area contributed by atoms with Crippen molar-refractivity contribution in [2.45, 2.75) is 20.5 Å². The van der Waals surface area contributed by atoms with E-state index in [1.807, 2.05) is 62.4 Å². The number of nitrogens with zero attached hydrogens (tertiary/aromatic N) is 5. The number of hydrogen-bond donors (Lipinski definition) is 0. The SMILES string of the molecule is Cc1ccc(-c2nn(Cn3ccc([N+](=O)[O-])n3)c(-c3ccc(C)cc3)c2Cl)cc1. The molecular formula is C21H18ClN5O2. The molecule has 0 radical (unpaired) electrons. The van der Waals surface area contributed by atoms with Gasteiger partial charge in [0, 0.05) is 11.1 Å². The molecule has 29 heavy (non-hydrogen) atoms. The van der Waals surface area contributed by atoms with Crippen molar-refractivity contribution in [1.29, 1.82) is 0 Å². The smallest absolute Gasteiger partial charge is 0.358 e. The average Bonchev–Trinajstić information content (AvgIpc) is 3.29. The van der Waals surface area contributed by atoms with Gasteiger partial charge in [-0.25, -0.2) is 4.68 Å². The minimum atomic E-state index is -0.523. The summed E-state index contributed by atoms with van der Waals surface area (Å²) in [5.74, 6) is -0.209. The van der Waals surface area contributed by atoms with Gasteiger partial charge in [0.15, 0.2) is 6.67 Å². The Kier molecular flexibility index (Phi) is 4.90. The van der Waals surface area contributed by atoms with Gasteiger partial charge in [-0.05, 0) is 18.8 Å². The molecule has 4 rings (SSSR count). The second-order valence-corrected chi connectivity index (χ2v) is 7.23. The van der Waals surface area contributed by atoms with Gasteiger partial charge in [0.25, 0.3) is 0 Å². The van der Waals surface area contributed by atoms with Crippen LogP contribution in [0.5, 0.6) is 0 Å². The van der Waals surface area contributed by atoms with Crippen LogP contribution in [0.2, 0.25) is 5.02 Å². The fraction of sp³-hybridized carbons (Fsp3) is 0.143. The van der Waals surface area contributed by atoms with Crippen molar-refractivity contribution < 1.29 is 4.92 Å². The van der Waals surface area contributed by atoms with Crippen LogP contribution in [0.3, 0.4) is 0 Å². The lowest BCUT2D eigenvalue weighted by atomic mass is 10.1. The zero-order chi connectivity index (χ0) is 20.5. The predicted octanol–water partition coefficient (Wildman–Crippen LogP) is 5.10. The van der Waals surface area contributed by atoms with Crippen molar-refractivity contribution >= 4 is 17.4 Å².